The highest BCUT2D eigenvalue weighted by molar-refractivity contribution is 7.16. The molecule has 1 aromatic heterocycles. The molecule has 0 bridgehead atoms. The van der Waals surface area contributed by atoms with Crippen LogP contribution in [-0.4, -0.2) is 5.91 Å². The molecule has 4 heteroatoms. The summed E-state index contributed by atoms with van der Waals surface area (Å²) in [5.74, 6) is -0.168. The van der Waals surface area contributed by atoms with E-state index >= 15 is 0 Å². The van der Waals surface area contributed by atoms with E-state index in [1.54, 1.807) is 13.0 Å². The van der Waals surface area contributed by atoms with Gasteiger partial charge in [-0.2, -0.15) is 5.26 Å². The third-order valence-corrected chi connectivity index (χ3v) is 3.80. The first-order chi connectivity index (χ1) is 7.76. The average molecular weight is 232 g/mol. The van der Waals surface area contributed by atoms with Gasteiger partial charge in [0, 0.05) is 4.88 Å². The lowest BCUT2D eigenvalue weighted by molar-refractivity contribution is -0.111. The van der Waals surface area contributed by atoms with Crippen molar-refractivity contribution in [3.63, 3.8) is 0 Å². The van der Waals surface area contributed by atoms with E-state index in [1.807, 2.05) is 0 Å². The topological polar surface area (TPSA) is 52.9 Å². The van der Waals surface area contributed by atoms with Crippen LogP contribution in [0.1, 0.15) is 29.3 Å². The maximum atomic E-state index is 11.4. The fraction of sp³-hybridized carbons (Fsp3) is 0.333. The van der Waals surface area contributed by atoms with Gasteiger partial charge in [0.25, 0.3) is 0 Å². The molecule has 0 aromatic carbocycles. The van der Waals surface area contributed by atoms with E-state index < -0.39 is 0 Å². The van der Waals surface area contributed by atoms with Crippen LogP contribution in [0.3, 0.4) is 0 Å². The van der Waals surface area contributed by atoms with Crippen LogP contribution in [0.4, 0.5) is 5.00 Å². The minimum absolute atomic E-state index is 0.168. The van der Waals surface area contributed by atoms with Crippen LogP contribution in [0.25, 0.3) is 0 Å². The quantitative estimate of drug-likeness (QED) is 0.797. The summed E-state index contributed by atoms with van der Waals surface area (Å²) in [5.41, 5.74) is 1.80. The zero-order valence-corrected chi connectivity index (χ0v) is 9.86. The van der Waals surface area contributed by atoms with Crippen LogP contribution in [0.15, 0.2) is 12.2 Å². The van der Waals surface area contributed by atoms with E-state index in [0.29, 0.717) is 10.6 Å². The van der Waals surface area contributed by atoms with Gasteiger partial charge in [-0.25, -0.2) is 0 Å². The molecule has 3 nitrogen and oxygen atoms in total. The standard InChI is InChI=1S/C12H12N2OS/c1-2-4-11(15)14-12-9(7-13)8-5-3-6-10(8)16-12/h2,4H,3,5-6H2,1H3,(H,14,15)/b4-2+. The third-order valence-electron chi connectivity index (χ3n) is 2.59. The van der Waals surface area contributed by atoms with Gasteiger partial charge in [0.2, 0.25) is 5.91 Å². The van der Waals surface area contributed by atoms with Crippen LogP contribution in [-0.2, 0) is 17.6 Å². The molecule has 1 N–H and O–H groups in total. The summed E-state index contributed by atoms with van der Waals surface area (Å²) in [6, 6.07) is 2.20. The molecule has 1 aromatic rings. The minimum atomic E-state index is -0.168. The molecule has 1 aliphatic rings. The van der Waals surface area contributed by atoms with Gasteiger partial charge in [-0.3, -0.25) is 4.79 Å². The van der Waals surface area contributed by atoms with Crippen LogP contribution in [0.5, 0.6) is 0 Å². The van der Waals surface area contributed by atoms with Crippen molar-refractivity contribution < 1.29 is 4.79 Å². The van der Waals surface area contributed by atoms with Crippen molar-refractivity contribution in [2.24, 2.45) is 0 Å². The van der Waals surface area contributed by atoms with Gasteiger partial charge in [0.15, 0.2) is 0 Å². The summed E-state index contributed by atoms with van der Waals surface area (Å²) in [5, 5.41) is 12.6. The SMILES string of the molecule is C/C=C/C(=O)Nc1sc2c(c1C#N)CCC2. The molecule has 0 aliphatic heterocycles. The summed E-state index contributed by atoms with van der Waals surface area (Å²) in [7, 11) is 0. The number of anilines is 1. The van der Waals surface area contributed by atoms with Crippen LogP contribution >= 0.6 is 11.3 Å². The second-order valence-corrected chi connectivity index (χ2v) is 4.77. The van der Waals surface area contributed by atoms with E-state index in [4.69, 9.17) is 5.26 Å². The number of thiophene rings is 1. The molecule has 0 unspecified atom stereocenters. The number of nitrogens with one attached hydrogen (secondary N) is 1. The summed E-state index contributed by atoms with van der Waals surface area (Å²) < 4.78 is 0. The number of amides is 1. The van der Waals surface area contributed by atoms with Gasteiger partial charge in [0.1, 0.15) is 11.1 Å². The zero-order valence-electron chi connectivity index (χ0n) is 9.04. The highest BCUT2D eigenvalue weighted by Crippen LogP contribution is 2.38. The van der Waals surface area contributed by atoms with Crippen LogP contribution in [0.2, 0.25) is 0 Å². The number of nitriles is 1. The van der Waals surface area contributed by atoms with Gasteiger partial charge in [-0.1, -0.05) is 6.08 Å². The molecular weight excluding hydrogens is 220 g/mol. The number of carbonyl (C=O) groups is 1. The Hall–Kier alpha value is -1.60. The monoisotopic (exact) mass is 232 g/mol. The number of nitrogens with zero attached hydrogens (tertiary/aromatic N) is 1. The first-order valence-electron chi connectivity index (χ1n) is 5.24. The van der Waals surface area contributed by atoms with Gasteiger partial charge in [0.05, 0.1) is 5.56 Å². The number of aryl methyl sites for hydroxylation is 1. The van der Waals surface area contributed by atoms with Crippen molar-refractivity contribution >= 4 is 22.2 Å². The van der Waals surface area contributed by atoms with Crippen LogP contribution < -0.4 is 5.32 Å². The molecule has 1 aliphatic carbocycles. The normalized spacial score (nSPS) is 13.8. The Morgan fingerprint density at radius 2 is 2.38 bits per heavy atom. The minimum Gasteiger partial charge on any atom is -0.313 e. The van der Waals surface area contributed by atoms with Crippen molar-refractivity contribution in [1.82, 2.24) is 0 Å². The van der Waals surface area contributed by atoms with Gasteiger partial charge < -0.3 is 5.32 Å². The summed E-state index contributed by atoms with van der Waals surface area (Å²) in [6.07, 6.45) is 6.27. The fourth-order valence-corrected chi connectivity index (χ4v) is 3.16. The van der Waals surface area contributed by atoms with E-state index in [2.05, 4.69) is 11.4 Å². The summed E-state index contributed by atoms with van der Waals surface area (Å²) in [4.78, 5) is 12.7. The Balaban J connectivity index is 2.29. The molecule has 0 saturated carbocycles. The van der Waals surface area contributed by atoms with E-state index in [9.17, 15) is 4.79 Å². The second kappa shape index (κ2) is 4.50. The smallest absolute Gasteiger partial charge is 0.248 e. The zero-order chi connectivity index (χ0) is 11.5. The Bertz CT molecular complexity index is 494. The lowest BCUT2D eigenvalue weighted by Crippen LogP contribution is -2.07. The van der Waals surface area contributed by atoms with Crippen molar-refractivity contribution in [2.75, 3.05) is 5.32 Å². The lowest BCUT2D eigenvalue weighted by Gasteiger charge is -1.99. The molecule has 0 fully saturated rings. The number of allylic oxidation sites excluding steroid dienone is 1. The first-order valence-corrected chi connectivity index (χ1v) is 6.06. The molecule has 0 radical (unpaired) electrons. The molecular formula is C12H12N2OS. The van der Waals surface area contributed by atoms with Crippen LogP contribution in [0, 0.1) is 11.3 Å². The average Bonchev–Trinajstić information content (AvgIpc) is 2.77. The van der Waals surface area contributed by atoms with Crippen molar-refractivity contribution in [2.45, 2.75) is 26.2 Å². The molecule has 0 atom stereocenters. The molecule has 1 heterocycles. The van der Waals surface area contributed by atoms with E-state index in [-0.39, 0.29) is 5.91 Å². The molecule has 2 rings (SSSR count). The second-order valence-electron chi connectivity index (χ2n) is 3.66. The Kier molecular flexibility index (Phi) is 3.07. The molecule has 82 valence electrons. The Morgan fingerprint density at radius 3 is 3.06 bits per heavy atom. The van der Waals surface area contributed by atoms with Crippen molar-refractivity contribution in [3.05, 3.63) is 28.2 Å². The molecule has 1 amide bonds. The van der Waals surface area contributed by atoms with Gasteiger partial charge in [-0.05, 0) is 37.8 Å². The third kappa shape index (κ3) is 1.86. The highest BCUT2D eigenvalue weighted by Gasteiger charge is 2.22. The lowest BCUT2D eigenvalue weighted by atomic mass is 10.1. The van der Waals surface area contributed by atoms with E-state index in [0.717, 1.165) is 24.8 Å². The fourth-order valence-electron chi connectivity index (χ4n) is 1.92. The number of carbonyl (C=O) groups excluding carboxylic acids is 1. The van der Waals surface area contributed by atoms with Gasteiger partial charge in [-0.15, -0.1) is 11.3 Å². The number of fused-ring (bicyclic) bond motifs is 1. The highest BCUT2D eigenvalue weighted by atomic mass is 32.1. The Labute approximate surface area is 98.4 Å². The maximum absolute atomic E-state index is 11.4. The summed E-state index contributed by atoms with van der Waals surface area (Å²) in [6.45, 7) is 1.79. The first kappa shape index (κ1) is 10.9. The number of hydrogen-bond acceptors (Lipinski definition) is 3. The summed E-state index contributed by atoms with van der Waals surface area (Å²) >= 11 is 1.54. The molecule has 0 spiro atoms. The maximum Gasteiger partial charge on any atom is 0.248 e. The predicted octanol–water partition coefficient (Wildman–Crippen LogP) is 2.62. The number of hydrogen-bond donors (Lipinski definition) is 1. The van der Waals surface area contributed by atoms with Gasteiger partial charge >= 0.3 is 0 Å². The van der Waals surface area contributed by atoms with Crippen molar-refractivity contribution in [3.8, 4) is 6.07 Å². The van der Waals surface area contributed by atoms with Crippen molar-refractivity contribution in [1.29, 1.82) is 5.26 Å². The molecule has 16 heavy (non-hydrogen) atoms. The number of rotatable bonds is 2. The Morgan fingerprint density at radius 1 is 1.56 bits per heavy atom. The van der Waals surface area contributed by atoms with E-state index in [1.165, 1.54) is 22.3 Å². The predicted molar refractivity (Wildman–Crippen MR) is 64.5 cm³/mol. The largest absolute Gasteiger partial charge is 0.313 e. The molecule has 0 saturated heterocycles.